The Morgan fingerprint density at radius 3 is 2.76 bits per heavy atom. The Kier molecular flexibility index (Phi) is 5.76. The largest absolute Gasteiger partial charge is 0.378 e. The first-order valence-corrected chi connectivity index (χ1v) is 9.39. The number of pyridine rings is 1. The van der Waals surface area contributed by atoms with Gasteiger partial charge in [0.1, 0.15) is 6.54 Å². The summed E-state index contributed by atoms with van der Waals surface area (Å²) in [7, 11) is 2.17. The van der Waals surface area contributed by atoms with Gasteiger partial charge in [-0.05, 0) is 31.5 Å². The first kappa shape index (κ1) is 18.0. The molecular weight excluding hydrogens is 314 g/mol. The Labute approximate surface area is 149 Å². The van der Waals surface area contributed by atoms with E-state index >= 15 is 0 Å². The molecule has 0 bridgehead atoms. The van der Waals surface area contributed by atoms with Gasteiger partial charge in [0.05, 0.1) is 32.4 Å². The van der Waals surface area contributed by atoms with Gasteiger partial charge in [0.2, 0.25) is 0 Å². The summed E-state index contributed by atoms with van der Waals surface area (Å²) >= 11 is 0. The molecule has 2 N–H and O–H groups in total. The van der Waals surface area contributed by atoms with E-state index in [1.165, 1.54) is 17.7 Å². The van der Waals surface area contributed by atoms with Gasteiger partial charge in [-0.15, -0.1) is 0 Å². The number of quaternary nitrogens is 1. The number of aryl methyl sites for hydroxylation is 1. The molecule has 1 fully saturated rings. The van der Waals surface area contributed by atoms with Gasteiger partial charge in [0, 0.05) is 35.4 Å². The number of hydrogen-bond acceptors (Lipinski definition) is 3. The third kappa shape index (κ3) is 4.05. The van der Waals surface area contributed by atoms with E-state index in [2.05, 4.69) is 29.9 Å². The minimum absolute atomic E-state index is 0.178. The second-order valence-corrected chi connectivity index (χ2v) is 7.12. The highest BCUT2D eigenvalue weighted by Gasteiger charge is 2.16. The van der Waals surface area contributed by atoms with Gasteiger partial charge in [-0.25, -0.2) is 0 Å². The topological polar surface area (TPSA) is 49.8 Å². The lowest BCUT2D eigenvalue weighted by atomic mass is 10.1. The SMILES string of the molecule is CCCC[NH+](C)Cc1c(C)[nH]c2ccc(N3CCOCC3)cc2c1=O. The molecule has 136 valence electrons. The molecule has 1 aliphatic heterocycles. The highest BCUT2D eigenvalue weighted by atomic mass is 16.5. The van der Waals surface area contributed by atoms with E-state index in [-0.39, 0.29) is 5.43 Å². The Balaban J connectivity index is 1.94. The van der Waals surface area contributed by atoms with Crippen LogP contribution in [0.4, 0.5) is 5.69 Å². The molecule has 1 saturated heterocycles. The molecule has 2 heterocycles. The van der Waals surface area contributed by atoms with E-state index in [0.717, 1.165) is 67.2 Å². The minimum Gasteiger partial charge on any atom is -0.378 e. The van der Waals surface area contributed by atoms with Crippen molar-refractivity contribution in [1.82, 2.24) is 4.98 Å². The molecule has 1 aromatic carbocycles. The molecule has 5 nitrogen and oxygen atoms in total. The summed E-state index contributed by atoms with van der Waals surface area (Å²) in [6, 6.07) is 6.18. The smallest absolute Gasteiger partial charge is 0.198 e. The first-order chi connectivity index (χ1) is 12.1. The third-order valence-electron chi connectivity index (χ3n) is 5.11. The lowest BCUT2D eigenvalue weighted by Crippen LogP contribution is -3.07. The zero-order valence-corrected chi connectivity index (χ0v) is 15.7. The molecule has 3 rings (SSSR count). The number of benzene rings is 1. The molecular formula is C20H30N3O2+. The second kappa shape index (κ2) is 8.02. The second-order valence-electron chi connectivity index (χ2n) is 7.12. The van der Waals surface area contributed by atoms with Crippen molar-refractivity contribution in [2.24, 2.45) is 0 Å². The van der Waals surface area contributed by atoms with Crippen molar-refractivity contribution in [2.75, 3.05) is 44.8 Å². The maximum absolute atomic E-state index is 13.1. The summed E-state index contributed by atoms with van der Waals surface area (Å²) in [5.41, 5.74) is 4.13. The third-order valence-corrected chi connectivity index (χ3v) is 5.11. The Hall–Kier alpha value is -1.85. The van der Waals surface area contributed by atoms with E-state index in [0.29, 0.717) is 0 Å². The van der Waals surface area contributed by atoms with Gasteiger partial charge >= 0.3 is 0 Å². The van der Waals surface area contributed by atoms with E-state index in [9.17, 15) is 4.79 Å². The van der Waals surface area contributed by atoms with Gasteiger partial charge in [0.15, 0.2) is 5.43 Å². The van der Waals surface area contributed by atoms with Gasteiger partial charge in [-0.2, -0.15) is 0 Å². The molecule has 0 amide bonds. The molecule has 5 heteroatoms. The maximum Gasteiger partial charge on any atom is 0.198 e. The van der Waals surface area contributed by atoms with E-state index < -0.39 is 0 Å². The number of aromatic nitrogens is 1. The van der Waals surface area contributed by atoms with Gasteiger partial charge in [-0.1, -0.05) is 13.3 Å². The maximum atomic E-state index is 13.1. The van der Waals surface area contributed by atoms with Crippen molar-refractivity contribution >= 4 is 16.6 Å². The molecule has 0 saturated carbocycles. The van der Waals surface area contributed by atoms with Gasteiger partial charge in [0.25, 0.3) is 0 Å². The number of rotatable bonds is 6. The quantitative estimate of drug-likeness (QED) is 0.835. The van der Waals surface area contributed by atoms with E-state index in [1.54, 1.807) is 0 Å². The summed E-state index contributed by atoms with van der Waals surface area (Å²) in [5, 5.41) is 0.799. The summed E-state index contributed by atoms with van der Waals surface area (Å²) < 4.78 is 5.43. The fourth-order valence-electron chi connectivity index (χ4n) is 3.54. The molecule has 2 aromatic rings. The number of hydrogen-bond donors (Lipinski definition) is 2. The molecule has 0 spiro atoms. The standard InChI is InChI=1S/C20H29N3O2/c1-4-5-8-22(3)14-18-15(2)21-19-7-6-16(13-17(19)20(18)24)23-9-11-25-12-10-23/h6-7,13H,4-5,8-12,14H2,1-3H3,(H,21,24)/p+1. The molecule has 0 aliphatic carbocycles. The van der Waals surface area contributed by atoms with E-state index in [1.807, 2.05) is 19.1 Å². The number of H-pyrrole nitrogens is 1. The number of unbranched alkanes of at least 4 members (excludes halogenated alkanes) is 1. The van der Waals surface area contributed by atoms with Crippen LogP contribution in [0.15, 0.2) is 23.0 Å². The number of ether oxygens (including phenoxy) is 1. The fourth-order valence-corrected chi connectivity index (χ4v) is 3.54. The average molecular weight is 344 g/mol. The van der Waals surface area contributed by atoms with Crippen molar-refractivity contribution in [3.05, 3.63) is 39.7 Å². The van der Waals surface area contributed by atoms with Crippen molar-refractivity contribution in [3.8, 4) is 0 Å². The van der Waals surface area contributed by atoms with Crippen LogP contribution in [0.1, 0.15) is 31.0 Å². The first-order valence-electron chi connectivity index (χ1n) is 9.39. The highest BCUT2D eigenvalue weighted by Crippen LogP contribution is 2.21. The van der Waals surface area contributed by atoms with Crippen molar-refractivity contribution < 1.29 is 9.64 Å². The number of anilines is 1. The van der Waals surface area contributed by atoms with Crippen molar-refractivity contribution in [3.63, 3.8) is 0 Å². The zero-order chi connectivity index (χ0) is 17.8. The number of aromatic amines is 1. The average Bonchev–Trinajstić information content (AvgIpc) is 2.64. The lowest BCUT2D eigenvalue weighted by Gasteiger charge is -2.29. The number of fused-ring (bicyclic) bond motifs is 1. The van der Waals surface area contributed by atoms with Crippen molar-refractivity contribution in [1.29, 1.82) is 0 Å². The molecule has 1 atom stereocenters. The van der Waals surface area contributed by atoms with Gasteiger partial charge < -0.3 is 19.5 Å². The summed E-state index contributed by atoms with van der Waals surface area (Å²) in [6.45, 7) is 9.35. The number of nitrogens with one attached hydrogen (secondary N) is 2. The van der Waals surface area contributed by atoms with Crippen LogP contribution in [0.3, 0.4) is 0 Å². The van der Waals surface area contributed by atoms with Crippen LogP contribution in [0, 0.1) is 6.92 Å². The normalized spacial score (nSPS) is 16.4. The number of nitrogens with zero attached hydrogens (tertiary/aromatic N) is 1. The van der Waals surface area contributed by atoms with E-state index in [4.69, 9.17) is 4.74 Å². The van der Waals surface area contributed by atoms with Crippen LogP contribution in [0.25, 0.3) is 10.9 Å². The summed E-state index contributed by atoms with van der Waals surface area (Å²) in [6.07, 6.45) is 2.38. The summed E-state index contributed by atoms with van der Waals surface area (Å²) in [5.74, 6) is 0. The fraction of sp³-hybridized carbons (Fsp3) is 0.550. The Morgan fingerprint density at radius 1 is 1.28 bits per heavy atom. The predicted molar refractivity (Wildman–Crippen MR) is 103 cm³/mol. The van der Waals surface area contributed by atoms with Crippen LogP contribution >= 0.6 is 0 Å². The zero-order valence-electron chi connectivity index (χ0n) is 15.7. The van der Waals surface area contributed by atoms with Crippen LogP contribution in [-0.4, -0.2) is 44.9 Å². The van der Waals surface area contributed by atoms with Crippen molar-refractivity contribution in [2.45, 2.75) is 33.2 Å². The predicted octanol–water partition coefficient (Wildman–Crippen LogP) is 1.49. The lowest BCUT2D eigenvalue weighted by molar-refractivity contribution is -0.894. The molecule has 0 radical (unpaired) electrons. The molecule has 25 heavy (non-hydrogen) atoms. The monoisotopic (exact) mass is 344 g/mol. The highest BCUT2D eigenvalue weighted by molar-refractivity contribution is 5.83. The minimum atomic E-state index is 0.178. The van der Waals surface area contributed by atoms with Crippen LogP contribution in [0.5, 0.6) is 0 Å². The molecule has 1 aromatic heterocycles. The Morgan fingerprint density at radius 2 is 2.04 bits per heavy atom. The summed E-state index contributed by atoms with van der Waals surface area (Å²) in [4.78, 5) is 20.2. The van der Waals surface area contributed by atoms with Crippen LogP contribution in [-0.2, 0) is 11.3 Å². The van der Waals surface area contributed by atoms with Crippen LogP contribution in [0.2, 0.25) is 0 Å². The van der Waals surface area contributed by atoms with Crippen LogP contribution < -0.4 is 15.2 Å². The molecule has 1 aliphatic rings. The number of morpholine rings is 1. The molecule has 1 unspecified atom stereocenters. The Bertz CT molecular complexity index is 778. The van der Waals surface area contributed by atoms with Gasteiger partial charge in [-0.3, -0.25) is 4.79 Å².